The molecule has 1 rings (SSSR count). The van der Waals surface area contributed by atoms with Gasteiger partial charge < -0.3 is 4.74 Å². The lowest BCUT2D eigenvalue weighted by molar-refractivity contribution is -0.155. The highest BCUT2D eigenvalue weighted by Crippen LogP contribution is 2.42. The number of carbonyl (C=O) groups excluding carboxylic acids is 1. The highest BCUT2D eigenvalue weighted by atomic mass is 16.6. The summed E-state index contributed by atoms with van der Waals surface area (Å²) in [5, 5.41) is 0. The average Bonchev–Trinajstić information content (AvgIpc) is 2.57. The zero-order valence-corrected chi connectivity index (χ0v) is 10.6. The van der Waals surface area contributed by atoms with Gasteiger partial charge in [-0.25, -0.2) is 0 Å². The van der Waals surface area contributed by atoms with Crippen LogP contribution >= 0.6 is 0 Å². The number of esters is 1. The van der Waals surface area contributed by atoms with E-state index in [-0.39, 0.29) is 5.97 Å². The van der Waals surface area contributed by atoms with E-state index in [0.717, 1.165) is 25.7 Å². The number of hydrogen-bond acceptors (Lipinski definition) is 2. The molecule has 0 aliphatic heterocycles. The minimum atomic E-state index is -0.419. The molecule has 0 bridgehead atoms. The zero-order valence-electron chi connectivity index (χ0n) is 10.6. The molecule has 0 amide bonds. The van der Waals surface area contributed by atoms with Crippen molar-refractivity contribution in [3.8, 4) is 0 Å². The SMILES string of the molecule is C=CC1(OC(C)=O)CCCC1CC=C(C)C. The zero-order chi connectivity index (χ0) is 12.2. The Morgan fingerprint density at radius 1 is 1.50 bits per heavy atom. The monoisotopic (exact) mass is 222 g/mol. The Hall–Kier alpha value is -1.05. The molecule has 2 atom stereocenters. The molecule has 0 aromatic carbocycles. The van der Waals surface area contributed by atoms with Crippen LogP contribution < -0.4 is 0 Å². The predicted octanol–water partition coefficient (Wildman–Crippen LogP) is 3.63. The summed E-state index contributed by atoms with van der Waals surface area (Å²) in [4.78, 5) is 11.2. The Labute approximate surface area is 98.4 Å². The van der Waals surface area contributed by atoms with Crippen LogP contribution in [0, 0.1) is 5.92 Å². The highest BCUT2D eigenvalue weighted by molar-refractivity contribution is 5.67. The van der Waals surface area contributed by atoms with Crippen molar-refractivity contribution in [3.63, 3.8) is 0 Å². The van der Waals surface area contributed by atoms with Crippen molar-refractivity contribution >= 4 is 5.97 Å². The molecule has 2 heteroatoms. The predicted molar refractivity (Wildman–Crippen MR) is 66.1 cm³/mol. The minimum absolute atomic E-state index is 0.205. The lowest BCUT2D eigenvalue weighted by atomic mass is 9.87. The van der Waals surface area contributed by atoms with Crippen LogP contribution in [-0.4, -0.2) is 11.6 Å². The first-order chi connectivity index (χ1) is 7.50. The normalized spacial score (nSPS) is 28.6. The van der Waals surface area contributed by atoms with Crippen molar-refractivity contribution in [2.45, 2.75) is 52.1 Å². The van der Waals surface area contributed by atoms with Crippen LogP contribution in [0.4, 0.5) is 0 Å². The van der Waals surface area contributed by atoms with Crippen LogP contribution in [0.3, 0.4) is 0 Å². The van der Waals surface area contributed by atoms with Gasteiger partial charge in [0.25, 0.3) is 0 Å². The quantitative estimate of drug-likeness (QED) is 0.536. The molecule has 0 spiro atoms. The van der Waals surface area contributed by atoms with Crippen LogP contribution in [0.15, 0.2) is 24.3 Å². The lowest BCUT2D eigenvalue weighted by Crippen LogP contribution is -2.35. The molecule has 0 heterocycles. The molecule has 2 nitrogen and oxygen atoms in total. The van der Waals surface area contributed by atoms with Crippen molar-refractivity contribution in [1.29, 1.82) is 0 Å². The molecular weight excluding hydrogens is 200 g/mol. The Kier molecular flexibility index (Phi) is 4.34. The van der Waals surface area contributed by atoms with Crippen LogP contribution in [0.25, 0.3) is 0 Å². The van der Waals surface area contributed by atoms with E-state index in [2.05, 4.69) is 26.5 Å². The van der Waals surface area contributed by atoms with Gasteiger partial charge in [0, 0.05) is 12.8 Å². The van der Waals surface area contributed by atoms with Crippen LogP contribution in [0.2, 0.25) is 0 Å². The van der Waals surface area contributed by atoms with Crippen molar-refractivity contribution < 1.29 is 9.53 Å². The molecule has 16 heavy (non-hydrogen) atoms. The number of ether oxygens (including phenoxy) is 1. The number of hydrogen-bond donors (Lipinski definition) is 0. The summed E-state index contributed by atoms with van der Waals surface area (Å²) in [7, 11) is 0. The summed E-state index contributed by atoms with van der Waals surface area (Å²) in [6.45, 7) is 9.51. The highest BCUT2D eigenvalue weighted by Gasteiger charge is 2.42. The fraction of sp³-hybridized carbons (Fsp3) is 0.643. The Balaban J connectivity index is 2.77. The van der Waals surface area contributed by atoms with Crippen molar-refractivity contribution in [1.82, 2.24) is 0 Å². The largest absolute Gasteiger partial charge is 0.455 e. The van der Waals surface area contributed by atoms with Crippen molar-refractivity contribution in [2.24, 2.45) is 5.92 Å². The van der Waals surface area contributed by atoms with Gasteiger partial charge >= 0.3 is 5.97 Å². The smallest absolute Gasteiger partial charge is 0.303 e. The molecule has 0 aromatic heterocycles. The summed E-state index contributed by atoms with van der Waals surface area (Å²) >= 11 is 0. The van der Waals surface area contributed by atoms with Gasteiger partial charge in [0.1, 0.15) is 5.60 Å². The number of allylic oxidation sites excluding steroid dienone is 2. The number of carbonyl (C=O) groups is 1. The van der Waals surface area contributed by atoms with Gasteiger partial charge in [-0.1, -0.05) is 18.2 Å². The van der Waals surface area contributed by atoms with Gasteiger partial charge in [-0.05, 0) is 45.6 Å². The van der Waals surface area contributed by atoms with E-state index in [1.54, 1.807) is 0 Å². The third kappa shape index (κ3) is 2.97. The summed E-state index contributed by atoms with van der Waals surface area (Å²) in [6, 6.07) is 0. The first kappa shape index (κ1) is 13.0. The third-order valence-corrected chi connectivity index (χ3v) is 3.30. The van der Waals surface area contributed by atoms with Gasteiger partial charge in [0.15, 0.2) is 0 Å². The molecule has 0 N–H and O–H groups in total. The van der Waals surface area contributed by atoms with E-state index < -0.39 is 5.60 Å². The lowest BCUT2D eigenvalue weighted by Gasteiger charge is -2.31. The summed E-state index contributed by atoms with van der Waals surface area (Å²) in [5.41, 5.74) is 0.894. The third-order valence-electron chi connectivity index (χ3n) is 3.30. The van der Waals surface area contributed by atoms with Crippen molar-refractivity contribution in [3.05, 3.63) is 24.3 Å². The van der Waals surface area contributed by atoms with Gasteiger partial charge in [0.2, 0.25) is 0 Å². The maximum absolute atomic E-state index is 11.2. The Morgan fingerprint density at radius 3 is 2.69 bits per heavy atom. The van der Waals surface area contributed by atoms with Gasteiger partial charge in [-0.2, -0.15) is 0 Å². The molecular formula is C14H22O2. The minimum Gasteiger partial charge on any atom is -0.455 e. The molecule has 0 aromatic rings. The second kappa shape index (κ2) is 5.33. The van der Waals surface area contributed by atoms with E-state index in [9.17, 15) is 4.79 Å². The Morgan fingerprint density at radius 2 is 2.19 bits per heavy atom. The van der Waals surface area contributed by atoms with Crippen LogP contribution in [-0.2, 0) is 9.53 Å². The van der Waals surface area contributed by atoms with Crippen molar-refractivity contribution in [2.75, 3.05) is 0 Å². The summed E-state index contributed by atoms with van der Waals surface area (Å²) in [5.74, 6) is 0.188. The molecule has 0 radical (unpaired) electrons. The van der Waals surface area contributed by atoms with Gasteiger partial charge in [-0.3, -0.25) is 4.79 Å². The average molecular weight is 222 g/mol. The molecule has 1 saturated carbocycles. The second-order valence-corrected chi connectivity index (χ2v) is 4.86. The summed E-state index contributed by atoms with van der Waals surface area (Å²) in [6.07, 6.45) is 8.16. The van der Waals surface area contributed by atoms with Crippen LogP contribution in [0.5, 0.6) is 0 Å². The van der Waals surface area contributed by atoms with Crippen LogP contribution in [0.1, 0.15) is 46.5 Å². The van der Waals surface area contributed by atoms with E-state index in [4.69, 9.17) is 4.74 Å². The topological polar surface area (TPSA) is 26.3 Å². The fourth-order valence-corrected chi connectivity index (χ4v) is 2.48. The number of rotatable bonds is 4. The molecule has 90 valence electrons. The van der Waals surface area contributed by atoms with E-state index >= 15 is 0 Å². The summed E-state index contributed by atoms with van der Waals surface area (Å²) < 4.78 is 5.51. The molecule has 1 fully saturated rings. The second-order valence-electron chi connectivity index (χ2n) is 4.86. The first-order valence-electron chi connectivity index (χ1n) is 5.96. The standard InChI is InChI=1S/C14H22O2/c1-5-14(16-12(4)15)10-6-7-13(14)9-8-11(2)3/h5,8,13H,1,6-7,9-10H2,2-4H3. The maximum Gasteiger partial charge on any atom is 0.303 e. The fourth-order valence-electron chi connectivity index (χ4n) is 2.48. The van der Waals surface area contributed by atoms with Gasteiger partial charge in [-0.15, -0.1) is 0 Å². The first-order valence-corrected chi connectivity index (χ1v) is 5.96. The molecule has 1 aliphatic rings. The Bertz CT molecular complexity index is 300. The van der Waals surface area contributed by atoms with Gasteiger partial charge in [0.05, 0.1) is 0 Å². The maximum atomic E-state index is 11.2. The molecule has 2 unspecified atom stereocenters. The van der Waals surface area contributed by atoms with E-state index in [0.29, 0.717) is 5.92 Å². The molecule has 1 aliphatic carbocycles. The van der Waals surface area contributed by atoms with E-state index in [1.807, 2.05) is 6.08 Å². The molecule has 0 saturated heterocycles. The van der Waals surface area contributed by atoms with E-state index in [1.165, 1.54) is 12.5 Å².